The van der Waals surface area contributed by atoms with E-state index in [-0.39, 0.29) is 18.0 Å². The summed E-state index contributed by atoms with van der Waals surface area (Å²) in [5, 5.41) is 12.7. The van der Waals surface area contributed by atoms with E-state index < -0.39 is 6.10 Å². The van der Waals surface area contributed by atoms with Gasteiger partial charge in [0.25, 0.3) is 0 Å². The molecule has 0 spiro atoms. The molecule has 2 atom stereocenters. The fourth-order valence-corrected chi connectivity index (χ4v) is 3.05. The number of carbonyl (C=O) groups is 1. The molecule has 0 aliphatic carbocycles. The maximum absolute atomic E-state index is 12.4. The van der Waals surface area contributed by atoms with E-state index in [1.54, 1.807) is 11.8 Å². The molecule has 0 saturated carbocycles. The molecule has 0 aromatic heterocycles. The van der Waals surface area contributed by atoms with Crippen molar-refractivity contribution in [3.05, 3.63) is 35.9 Å². The summed E-state index contributed by atoms with van der Waals surface area (Å²) in [5.74, 6) is 0.114. The fraction of sp³-hybridized carbons (Fsp3) is 0.611. The van der Waals surface area contributed by atoms with E-state index in [9.17, 15) is 9.90 Å². The number of nitrogens with zero attached hydrogens (tertiary/aromatic N) is 1. The first-order valence-corrected chi connectivity index (χ1v) is 8.39. The largest absolute Gasteiger partial charge is 0.393 e. The van der Waals surface area contributed by atoms with Gasteiger partial charge in [-0.05, 0) is 31.7 Å². The summed E-state index contributed by atoms with van der Waals surface area (Å²) < 4.78 is 5.34. The van der Waals surface area contributed by atoms with Gasteiger partial charge >= 0.3 is 6.03 Å². The number of hydrogen-bond donors (Lipinski definition) is 2. The maximum atomic E-state index is 12.4. The maximum Gasteiger partial charge on any atom is 0.317 e. The smallest absolute Gasteiger partial charge is 0.317 e. The van der Waals surface area contributed by atoms with Gasteiger partial charge in [0.2, 0.25) is 0 Å². The molecule has 2 amide bonds. The number of aliphatic hydroxyl groups excluding tert-OH is 1. The highest BCUT2D eigenvalue weighted by atomic mass is 16.5. The van der Waals surface area contributed by atoms with E-state index in [1.807, 2.05) is 37.4 Å². The molecular formula is C18H28N2O3. The molecule has 128 valence electrons. The van der Waals surface area contributed by atoms with Crippen molar-refractivity contribution in [1.82, 2.24) is 10.2 Å². The summed E-state index contributed by atoms with van der Waals surface area (Å²) in [6.45, 7) is 3.75. The number of ether oxygens (including phenoxy) is 1. The van der Waals surface area contributed by atoms with Gasteiger partial charge < -0.3 is 20.1 Å². The van der Waals surface area contributed by atoms with Gasteiger partial charge in [-0.1, -0.05) is 30.3 Å². The lowest BCUT2D eigenvalue weighted by Gasteiger charge is -2.32. The van der Waals surface area contributed by atoms with Crippen LogP contribution in [0.25, 0.3) is 0 Å². The van der Waals surface area contributed by atoms with Crippen LogP contribution in [0.1, 0.15) is 37.7 Å². The van der Waals surface area contributed by atoms with Gasteiger partial charge in [-0.2, -0.15) is 0 Å². The minimum absolute atomic E-state index is 0.0524. The first-order valence-electron chi connectivity index (χ1n) is 8.39. The lowest BCUT2D eigenvalue weighted by molar-refractivity contribution is 0.0525. The van der Waals surface area contributed by atoms with E-state index >= 15 is 0 Å². The molecule has 0 radical (unpaired) electrons. The third-order valence-corrected chi connectivity index (χ3v) is 4.46. The van der Waals surface area contributed by atoms with E-state index in [2.05, 4.69) is 5.32 Å². The highest BCUT2D eigenvalue weighted by molar-refractivity contribution is 5.74. The lowest BCUT2D eigenvalue weighted by Crippen LogP contribution is -2.46. The van der Waals surface area contributed by atoms with Crippen LogP contribution in [0.3, 0.4) is 0 Å². The zero-order chi connectivity index (χ0) is 16.7. The summed E-state index contributed by atoms with van der Waals surface area (Å²) in [7, 11) is 1.84. The van der Waals surface area contributed by atoms with Crippen molar-refractivity contribution in [1.29, 1.82) is 0 Å². The van der Waals surface area contributed by atoms with Crippen molar-refractivity contribution in [2.24, 2.45) is 0 Å². The minimum Gasteiger partial charge on any atom is -0.393 e. The van der Waals surface area contributed by atoms with E-state index in [0.29, 0.717) is 13.0 Å². The second-order valence-electron chi connectivity index (χ2n) is 6.33. The number of hydrogen-bond acceptors (Lipinski definition) is 3. The zero-order valence-corrected chi connectivity index (χ0v) is 14.1. The second kappa shape index (κ2) is 8.89. The van der Waals surface area contributed by atoms with Crippen LogP contribution in [-0.4, -0.2) is 55.0 Å². The SMILES string of the molecule is CC(O)CC(CNC(=O)N(C)C1CCOCC1)c1ccccc1. The van der Waals surface area contributed by atoms with Crippen LogP contribution >= 0.6 is 0 Å². The van der Waals surface area contributed by atoms with Crippen LogP contribution in [0.15, 0.2) is 30.3 Å². The Labute approximate surface area is 138 Å². The molecule has 5 nitrogen and oxygen atoms in total. The van der Waals surface area contributed by atoms with Crippen molar-refractivity contribution in [3.8, 4) is 0 Å². The Bertz CT molecular complexity index is 472. The molecule has 1 fully saturated rings. The Morgan fingerprint density at radius 2 is 2.00 bits per heavy atom. The predicted molar refractivity (Wildman–Crippen MR) is 90.5 cm³/mol. The molecule has 1 aliphatic rings. The third kappa shape index (κ3) is 5.52. The zero-order valence-electron chi connectivity index (χ0n) is 14.1. The Kier molecular flexibility index (Phi) is 6.86. The molecule has 1 aromatic carbocycles. The molecule has 2 unspecified atom stereocenters. The minimum atomic E-state index is -0.398. The summed E-state index contributed by atoms with van der Waals surface area (Å²) >= 11 is 0. The first kappa shape index (κ1) is 17.8. The van der Waals surface area contributed by atoms with Crippen LogP contribution in [0.4, 0.5) is 4.79 Å². The van der Waals surface area contributed by atoms with E-state index in [4.69, 9.17) is 4.74 Å². The molecule has 1 aliphatic heterocycles. The van der Waals surface area contributed by atoms with Gasteiger partial charge in [-0.25, -0.2) is 4.79 Å². The van der Waals surface area contributed by atoms with Crippen molar-refractivity contribution in [2.75, 3.05) is 26.8 Å². The second-order valence-corrected chi connectivity index (χ2v) is 6.33. The molecule has 2 N–H and O–H groups in total. The number of benzene rings is 1. The predicted octanol–water partition coefficient (Wildman–Crippen LogP) is 2.36. The van der Waals surface area contributed by atoms with E-state index in [0.717, 1.165) is 31.6 Å². The Morgan fingerprint density at radius 1 is 1.35 bits per heavy atom. The molecule has 0 bridgehead atoms. The van der Waals surface area contributed by atoms with Gasteiger partial charge in [0.15, 0.2) is 0 Å². The van der Waals surface area contributed by atoms with Gasteiger partial charge in [0.1, 0.15) is 0 Å². The molecule has 2 rings (SSSR count). The summed E-state index contributed by atoms with van der Waals surface area (Å²) in [6, 6.07) is 10.2. The summed E-state index contributed by atoms with van der Waals surface area (Å²) in [4.78, 5) is 14.2. The topological polar surface area (TPSA) is 61.8 Å². The van der Waals surface area contributed by atoms with Crippen LogP contribution in [0.2, 0.25) is 0 Å². The van der Waals surface area contributed by atoms with Crippen molar-refractivity contribution >= 4 is 6.03 Å². The van der Waals surface area contributed by atoms with Crippen LogP contribution < -0.4 is 5.32 Å². The van der Waals surface area contributed by atoms with Crippen LogP contribution in [0, 0.1) is 0 Å². The summed E-state index contributed by atoms with van der Waals surface area (Å²) in [5.41, 5.74) is 1.14. The number of rotatable bonds is 6. The first-order chi connectivity index (χ1) is 11.1. The van der Waals surface area contributed by atoms with Gasteiger partial charge in [0, 0.05) is 38.8 Å². The Balaban J connectivity index is 1.90. The van der Waals surface area contributed by atoms with Gasteiger partial charge in [0.05, 0.1) is 6.10 Å². The molecular weight excluding hydrogens is 292 g/mol. The molecule has 1 heterocycles. The van der Waals surface area contributed by atoms with Crippen molar-refractivity contribution in [2.45, 2.75) is 44.2 Å². The fourth-order valence-electron chi connectivity index (χ4n) is 3.05. The molecule has 1 aromatic rings. The van der Waals surface area contributed by atoms with Crippen LogP contribution in [0.5, 0.6) is 0 Å². The Hall–Kier alpha value is -1.59. The lowest BCUT2D eigenvalue weighted by atomic mass is 9.93. The average molecular weight is 320 g/mol. The third-order valence-electron chi connectivity index (χ3n) is 4.46. The van der Waals surface area contributed by atoms with Crippen molar-refractivity contribution < 1.29 is 14.6 Å². The molecule has 1 saturated heterocycles. The number of carbonyl (C=O) groups excluding carboxylic acids is 1. The normalized spacial score (nSPS) is 18.2. The monoisotopic (exact) mass is 320 g/mol. The standard InChI is InChI=1S/C18H28N2O3/c1-14(21)12-16(15-6-4-3-5-7-15)13-19-18(22)20(2)17-8-10-23-11-9-17/h3-7,14,16-17,21H,8-13H2,1-2H3,(H,19,22). The highest BCUT2D eigenvalue weighted by Gasteiger charge is 2.23. The van der Waals surface area contributed by atoms with Gasteiger partial charge in [-0.15, -0.1) is 0 Å². The molecule has 5 heteroatoms. The Morgan fingerprint density at radius 3 is 2.61 bits per heavy atom. The van der Waals surface area contributed by atoms with Crippen molar-refractivity contribution in [3.63, 3.8) is 0 Å². The van der Waals surface area contributed by atoms with E-state index in [1.165, 1.54) is 0 Å². The number of nitrogens with one attached hydrogen (secondary N) is 1. The van der Waals surface area contributed by atoms with Crippen LogP contribution in [-0.2, 0) is 4.74 Å². The number of amides is 2. The quantitative estimate of drug-likeness (QED) is 0.846. The van der Waals surface area contributed by atoms with Gasteiger partial charge in [-0.3, -0.25) is 0 Å². The highest BCUT2D eigenvalue weighted by Crippen LogP contribution is 2.21. The molecule has 23 heavy (non-hydrogen) atoms. The summed E-state index contributed by atoms with van der Waals surface area (Å²) in [6.07, 6.45) is 2.01. The average Bonchev–Trinajstić information content (AvgIpc) is 2.59. The number of urea groups is 1. The number of aliphatic hydroxyl groups is 1.